The van der Waals surface area contributed by atoms with Crippen molar-refractivity contribution in [1.29, 1.82) is 0 Å². The number of aliphatic carboxylic acids is 1. The summed E-state index contributed by atoms with van der Waals surface area (Å²) in [5.74, 6) is -0.607. The van der Waals surface area contributed by atoms with Gasteiger partial charge in [-0.2, -0.15) is 0 Å². The molecule has 96 valence electrons. The molecule has 2 atom stereocenters. The molecule has 0 bridgehead atoms. The van der Waals surface area contributed by atoms with Crippen molar-refractivity contribution in [3.8, 4) is 0 Å². The van der Waals surface area contributed by atoms with Crippen molar-refractivity contribution in [3.63, 3.8) is 0 Å². The fourth-order valence-corrected chi connectivity index (χ4v) is 3.44. The Morgan fingerprint density at radius 3 is 2.50 bits per heavy atom. The Labute approximate surface area is 107 Å². The van der Waals surface area contributed by atoms with Gasteiger partial charge < -0.3 is 10.8 Å². The number of hydrogen-bond donors (Lipinski definition) is 2. The number of carboxylic acids is 1. The predicted octanol–water partition coefficient (Wildman–Crippen LogP) is 0.261. The number of carboxylic acid groups (broad SMARTS) is 1. The lowest BCUT2D eigenvalue weighted by Gasteiger charge is -2.16. The van der Waals surface area contributed by atoms with Gasteiger partial charge >= 0.3 is 5.97 Å². The predicted molar refractivity (Wildman–Crippen MR) is 65.0 cm³/mol. The lowest BCUT2D eigenvalue weighted by atomic mass is 9.98. The van der Waals surface area contributed by atoms with Crippen LogP contribution in [-0.4, -0.2) is 20.8 Å². The molecule has 2 unspecified atom stereocenters. The third kappa shape index (κ3) is 1.77. The van der Waals surface area contributed by atoms with Gasteiger partial charge in [-0.1, -0.05) is 12.1 Å². The maximum absolute atomic E-state index is 11.3. The highest BCUT2D eigenvalue weighted by molar-refractivity contribution is 7.79. The molecule has 1 aromatic rings. The first-order valence-electron chi connectivity index (χ1n) is 5.65. The summed E-state index contributed by atoms with van der Waals surface area (Å²) in [5, 5.41) is 9.15. The van der Waals surface area contributed by atoms with Crippen LogP contribution in [0.3, 0.4) is 0 Å². The Hall–Kier alpha value is -1.24. The van der Waals surface area contributed by atoms with E-state index in [0.29, 0.717) is 25.2 Å². The topological polar surface area (TPSA) is 89.6 Å². The highest BCUT2D eigenvalue weighted by Crippen LogP contribution is 2.33. The van der Waals surface area contributed by atoms with Crippen molar-refractivity contribution in [2.75, 3.05) is 0 Å². The molecule has 0 saturated heterocycles. The molecule has 6 heteroatoms. The van der Waals surface area contributed by atoms with E-state index < -0.39 is 22.6 Å². The van der Waals surface area contributed by atoms with Crippen molar-refractivity contribution in [2.24, 2.45) is 5.73 Å². The molecule has 0 radical (unpaired) electrons. The normalized spacial score (nSPS) is 29.7. The van der Waals surface area contributed by atoms with E-state index in [4.69, 9.17) is 15.0 Å². The lowest BCUT2D eigenvalue weighted by Crippen LogP contribution is -2.48. The highest BCUT2D eigenvalue weighted by atomic mass is 32.2. The Morgan fingerprint density at radius 2 is 1.89 bits per heavy atom. The molecule has 1 heterocycles. The van der Waals surface area contributed by atoms with Crippen LogP contribution in [0.25, 0.3) is 0 Å². The van der Waals surface area contributed by atoms with Crippen LogP contribution in [0.1, 0.15) is 22.3 Å². The number of nitrogens with two attached hydrogens (primary N) is 1. The van der Waals surface area contributed by atoms with Gasteiger partial charge in [0, 0.05) is 12.8 Å². The zero-order valence-corrected chi connectivity index (χ0v) is 10.5. The highest BCUT2D eigenvalue weighted by Gasteiger charge is 2.41. The molecule has 5 nitrogen and oxygen atoms in total. The maximum atomic E-state index is 11.3. The van der Waals surface area contributed by atoms with Gasteiger partial charge in [-0.3, -0.25) is 8.98 Å². The molecule has 0 spiro atoms. The van der Waals surface area contributed by atoms with Crippen LogP contribution in [0.4, 0.5) is 0 Å². The summed E-state index contributed by atoms with van der Waals surface area (Å²) in [6, 6.07) is 3.88. The summed E-state index contributed by atoms with van der Waals surface area (Å²) in [5.41, 5.74) is 8.58. The Bertz CT molecular complexity index is 571. The maximum Gasteiger partial charge on any atom is 0.324 e. The van der Waals surface area contributed by atoms with Gasteiger partial charge in [0.15, 0.2) is 11.1 Å². The second-order valence-electron chi connectivity index (χ2n) is 4.91. The molecular weight excluding hydrogens is 254 g/mol. The zero-order chi connectivity index (χ0) is 12.9. The van der Waals surface area contributed by atoms with Crippen molar-refractivity contribution >= 4 is 17.0 Å². The monoisotopic (exact) mass is 267 g/mol. The average Bonchev–Trinajstić information content (AvgIpc) is 2.62. The van der Waals surface area contributed by atoms with Crippen LogP contribution < -0.4 is 5.73 Å². The van der Waals surface area contributed by atoms with E-state index in [2.05, 4.69) is 0 Å². The van der Waals surface area contributed by atoms with Crippen molar-refractivity contribution in [1.82, 2.24) is 0 Å². The van der Waals surface area contributed by atoms with Crippen LogP contribution in [0.5, 0.6) is 0 Å². The first-order chi connectivity index (χ1) is 8.48. The molecule has 1 aliphatic heterocycles. The fraction of sp³-hybridized carbons (Fsp3) is 0.417. The number of benzene rings is 1. The van der Waals surface area contributed by atoms with E-state index in [1.807, 2.05) is 12.1 Å². The molecule has 0 fully saturated rings. The summed E-state index contributed by atoms with van der Waals surface area (Å²) in [7, 11) is 0. The van der Waals surface area contributed by atoms with E-state index in [1.165, 1.54) is 0 Å². The lowest BCUT2D eigenvalue weighted by molar-refractivity contribution is -0.142. The summed E-state index contributed by atoms with van der Waals surface area (Å²) in [4.78, 5) is 11.2. The first kappa shape index (κ1) is 11.8. The van der Waals surface area contributed by atoms with Crippen LogP contribution >= 0.6 is 0 Å². The largest absolute Gasteiger partial charge is 0.480 e. The van der Waals surface area contributed by atoms with Crippen molar-refractivity contribution in [3.05, 3.63) is 34.4 Å². The summed E-state index contributed by atoms with van der Waals surface area (Å²) >= 11 is -1.27. The molecule has 3 N–H and O–H groups in total. The third-order valence-electron chi connectivity index (χ3n) is 3.58. The fourth-order valence-electron chi connectivity index (χ4n) is 2.58. The average molecular weight is 267 g/mol. The molecule has 2 aliphatic rings. The van der Waals surface area contributed by atoms with Crippen LogP contribution in [0.15, 0.2) is 12.1 Å². The molecule has 0 aromatic heterocycles. The molecular formula is C12H13NO4S. The molecule has 1 aromatic carbocycles. The van der Waals surface area contributed by atoms with E-state index in [1.54, 1.807) is 0 Å². The standard InChI is InChI=1S/C12H13NO4S/c13-12(11(14)15)3-7-1-9-5-17-18(16)6-10(9)2-8(7)4-12/h1-2H,3-6,13H2,(H,14,15). The van der Waals surface area contributed by atoms with Gasteiger partial charge in [0.05, 0.1) is 12.4 Å². The van der Waals surface area contributed by atoms with Gasteiger partial charge in [-0.05, 0) is 22.3 Å². The second kappa shape index (κ2) is 3.88. The SMILES string of the molecule is NC1(C(=O)O)Cc2cc3c(cc2C1)CS(=O)OC3. The smallest absolute Gasteiger partial charge is 0.324 e. The summed E-state index contributed by atoms with van der Waals surface area (Å²) in [6.45, 7) is 0.319. The van der Waals surface area contributed by atoms with Gasteiger partial charge in [0.1, 0.15) is 5.54 Å². The molecule has 0 saturated carbocycles. The van der Waals surface area contributed by atoms with Crippen LogP contribution in [0, 0.1) is 0 Å². The van der Waals surface area contributed by atoms with Gasteiger partial charge in [-0.25, -0.2) is 4.21 Å². The summed E-state index contributed by atoms with van der Waals surface area (Å²) in [6.07, 6.45) is 0.673. The van der Waals surface area contributed by atoms with E-state index in [0.717, 1.165) is 22.3 Å². The number of carbonyl (C=O) groups is 1. The van der Waals surface area contributed by atoms with Crippen LogP contribution in [-0.2, 0) is 45.3 Å². The number of hydrogen-bond acceptors (Lipinski definition) is 4. The molecule has 0 amide bonds. The molecule has 18 heavy (non-hydrogen) atoms. The van der Waals surface area contributed by atoms with Gasteiger partial charge in [0.25, 0.3) is 0 Å². The first-order valence-corrected chi connectivity index (χ1v) is 6.90. The van der Waals surface area contributed by atoms with E-state index >= 15 is 0 Å². The van der Waals surface area contributed by atoms with E-state index in [-0.39, 0.29) is 0 Å². The second-order valence-corrected chi connectivity index (χ2v) is 6.05. The minimum atomic E-state index is -1.27. The molecule has 1 aliphatic carbocycles. The minimum absolute atomic E-state index is 0.319. The van der Waals surface area contributed by atoms with Crippen molar-refractivity contribution in [2.45, 2.75) is 30.7 Å². The number of rotatable bonds is 1. The Morgan fingerprint density at radius 1 is 1.28 bits per heavy atom. The quantitative estimate of drug-likeness (QED) is 0.762. The van der Waals surface area contributed by atoms with Gasteiger partial charge in [-0.15, -0.1) is 0 Å². The van der Waals surface area contributed by atoms with Crippen molar-refractivity contribution < 1.29 is 18.3 Å². The van der Waals surface area contributed by atoms with E-state index in [9.17, 15) is 9.00 Å². The minimum Gasteiger partial charge on any atom is -0.480 e. The summed E-state index contributed by atoms with van der Waals surface area (Å²) < 4.78 is 16.4. The third-order valence-corrected chi connectivity index (χ3v) is 4.51. The number of fused-ring (bicyclic) bond motifs is 2. The Kier molecular flexibility index (Phi) is 2.55. The van der Waals surface area contributed by atoms with Gasteiger partial charge in [0.2, 0.25) is 0 Å². The Balaban J connectivity index is 2.01. The van der Waals surface area contributed by atoms with Crippen LogP contribution in [0.2, 0.25) is 0 Å². The molecule has 3 rings (SSSR count). The zero-order valence-electron chi connectivity index (χ0n) is 9.64.